The van der Waals surface area contributed by atoms with Gasteiger partial charge in [-0.1, -0.05) is 15.9 Å². The van der Waals surface area contributed by atoms with Crippen molar-refractivity contribution in [3.05, 3.63) is 23.8 Å². The first-order chi connectivity index (χ1) is 9.01. The van der Waals surface area contributed by atoms with Crippen LogP contribution >= 0.6 is 15.9 Å². The molecule has 2 N–H and O–H groups in total. The molecule has 19 heavy (non-hydrogen) atoms. The van der Waals surface area contributed by atoms with Crippen molar-refractivity contribution in [3.63, 3.8) is 0 Å². The molecule has 1 saturated heterocycles. The summed E-state index contributed by atoms with van der Waals surface area (Å²) in [4.78, 5) is 14.0. The molecule has 104 valence electrons. The highest BCUT2D eigenvalue weighted by molar-refractivity contribution is 9.09. The molecule has 5 nitrogen and oxygen atoms in total. The second-order valence-electron chi connectivity index (χ2n) is 4.63. The fourth-order valence-electron chi connectivity index (χ4n) is 2.17. The Morgan fingerprint density at radius 2 is 2.21 bits per heavy atom. The summed E-state index contributed by atoms with van der Waals surface area (Å²) < 4.78 is 5.66. The number of amides is 1. The van der Waals surface area contributed by atoms with Crippen molar-refractivity contribution in [2.45, 2.75) is 19.1 Å². The number of hydrogen-bond acceptors (Lipinski definition) is 4. The monoisotopic (exact) mass is 329 g/mol. The summed E-state index contributed by atoms with van der Waals surface area (Å²) in [5, 5.41) is 19.6. The van der Waals surface area contributed by atoms with Gasteiger partial charge >= 0.3 is 0 Å². The zero-order valence-corrected chi connectivity index (χ0v) is 12.1. The maximum absolute atomic E-state index is 12.4. The molecule has 1 heterocycles. The second kappa shape index (κ2) is 5.79. The molecule has 1 aliphatic heterocycles. The van der Waals surface area contributed by atoms with Crippen LogP contribution in [-0.4, -0.2) is 51.6 Å². The molecule has 0 radical (unpaired) electrons. The van der Waals surface area contributed by atoms with Crippen LogP contribution < -0.4 is 0 Å². The van der Waals surface area contributed by atoms with Crippen LogP contribution in [0.25, 0.3) is 0 Å². The molecular weight excluding hydrogens is 314 g/mol. The van der Waals surface area contributed by atoms with Crippen LogP contribution in [0.1, 0.15) is 17.3 Å². The maximum atomic E-state index is 12.4. The Morgan fingerprint density at radius 1 is 1.47 bits per heavy atom. The molecule has 1 aromatic rings. The van der Waals surface area contributed by atoms with Crippen LogP contribution in [-0.2, 0) is 4.74 Å². The van der Waals surface area contributed by atoms with Crippen LogP contribution in [0.15, 0.2) is 18.2 Å². The van der Waals surface area contributed by atoms with Gasteiger partial charge in [-0.05, 0) is 19.1 Å². The summed E-state index contributed by atoms with van der Waals surface area (Å²) >= 11 is 3.35. The van der Waals surface area contributed by atoms with Crippen LogP contribution in [0.3, 0.4) is 0 Å². The molecule has 2 atom stereocenters. The third kappa shape index (κ3) is 3.19. The van der Waals surface area contributed by atoms with Crippen LogP contribution in [0.2, 0.25) is 0 Å². The molecule has 1 aromatic carbocycles. The molecule has 6 heteroatoms. The molecule has 0 aromatic heterocycles. The van der Waals surface area contributed by atoms with Crippen molar-refractivity contribution in [2.24, 2.45) is 0 Å². The SMILES string of the molecule is CC1CN(C(=O)c2ccc(O)cc2O)CC(CBr)O1. The highest BCUT2D eigenvalue weighted by atomic mass is 79.9. The van der Waals surface area contributed by atoms with Crippen molar-refractivity contribution in [1.82, 2.24) is 4.90 Å². The van der Waals surface area contributed by atoms with E-state index in [0.29, 0.717) is 18.4 Å². The Balaban J connectivity index is 2.18. The zero-order valence-electron chi connectivity index (χ0n) is 10.5. The molecule has 1 amide bonds. The third-order valence-corrected chi connectivity index (χ3v) is 3.72. The van der Waals surface area contributed by atoms with E-state index >= 15 is 0 Å². The fraction of sp³-hybridized carbons (Fsp3) is 0.462. The Bertz CT molecular complexity index is 480. The van der Waals surface area contributed by atoms with E-state index < -0.39 is 0 Å². The van der Waals surface area contributed by atoms with Crippen LogP contribution in [0.4, 0.5) is 0 Å². The molecule has 2 unspecified atom stereocenters. The van der Waals surface area contributed by atoms with E-state index in [9.17, 15) is 15.0 Å². The molecular formula is C13H16BrNO4. The van der Waals surface area contributed by atoms with Gasteiger partial charge < -0.3 is 19.8 Å². The lowest BCUT2D eigenvalue weighted by molar-refractivity contribution is -0.0560. The van der Waals surface area contributed by atoms with Crippen molar-refractivity contribution >= 4 is 21.8 Å². The van der Waals surface area contributed by atoms with Gasteiger partial charge in [-0.2, -0.15) is 0 Å². The summed E-state index contributed by atoms with van der Waals surface area (Å²) in [6.45, 7) is 2.88. The van der Waals surface area contributed by atoms with E-state index in [1.165, 1.54) is 18.2 Å². The van der Waals surface area contributed by atoms with Crippen molar-refractivity contribution in [1.29, 1.82) is 0 Å². The summed E-state index contributed by atoms with van der Waals surface area (Å²) in [7, 11) is 0. The quantitative estimate of drug-likeness (QED) is 0.810. The topological polar surface area (TPSA) is 70.0 Å². The van der Waals surface area contributed by atoms with Gasteiger partial charge in [-0.15, -0.1) is 0 Å². The van der Waals surface area contributed by atoms with Gasteiger partial charge in [0.2, 0.25) is 0 Å². The first-order valence-corrected chi connectivity index (χ1v) is 7.16. The number of phenolic OH excluding ortho intramolecular Hbond substituents is 2. The lowest BCUT2D eigenvalue weighted by atomic mass is 10.1. The van der Waals surface area contributed by atoms with Gasteiger partial charge in [0.05, 0.1) is 17.8 Å². The van der Waals surface area contributed by atoms with E-state index in [-0.39, 0.29) is 35.2 Å². The predicted molar refractivity (Wildman–Crippen MR) is 73.8 cm³/mol. The van der Waals surface area contributed by atoms with Gasteiger partial charge in [0.15, 0.2) is 0 Å². The molecule has 0 aliphatic carbocycles. The summed E-state index contributed by atoms with van der Waals surface area (Å²) in [5.74, 6) is -0.527. The number of ether oxygens (including phenoxy) is 1. The van der Waals surface area contributed by atoms with Crippen molar-refractivity contribution < 1.29 is 19.7 Å². The van der Waals surface area contributed by atoms with Gasteiger partial charge in [0, 0.05) is 24.5 Å². The largest absolute Gasteiger partial charge is 0.508 e. The lowest BCUT2D eigenvalue weighted by Crippen LogP contribution is -2.49. The summed E-state index contributed by atoms with van der Waals surface area (Å²) in [6, 6.07) is 3.98. The Morgan fingerprint density at radius 3 is 2.84 bits per heavy atom. The van der Waals surface area contributed by atoms with E-state index in [4.69, 9.17) is 4.74 Å². The van der Waals surface area contributed by atoms with E-state index in [0.717, 1.165) is 0 Å². The standard InChI is InChI=1S/C13H16BrNO4/c1-8-6-15(7-10(5-14)19-8)13(18)11-3-2-9(16)4-12(11)17/h2-4,8,10,16-17H,5-7H2,1H3. The Hall–Kier alpha value is -1.27. The number of carbonyl (C=O) groups excluding carboxylic acids is 1. The number of nitrogens with zero attached hydrogens (tertiary/aromatic N) is 1. The fourth-order valence-corrected chi connectivity index (χ4v) is 2.52. The molecule has 0 spiro atoms. The highest BCUT2D eigenvalue weighted by Gasteiger charge is 2.29. The number of halogens is 1. The number of morpholine rings is 1. The van der Waals surface area contributed by atoms with Crippen LogP contribution in [0.5, 0.6) is 11.5 Å². The highest BCUT2D eigenvalue weighted by Crippen LogP contribution is 2.25. The van der Waals surface area contributed by atoms with Gasteiger partial charge in [0.1, 0.15) is 11.5 Å². The number of phenols is 2. The van der Waals surface area contributed by atoms with E-state index in [1.54, 1.807) is 4.90 Å². The lowest BCUT2D eigenvalue weighted by Gasteiger charge is -2.36. The first kappa shape index (κ1) is 14.1. The number of benzene rings is 1. The molecule has 1 fully saturated rings. The zero-order chi connectivity index (χ0) is 14.0. The smallest absolute Gasteiger partial charge is 0.257 e. The van der Waals surface area contributed by atoms with Gasteiger partial charge in [0.25, 0.3) is 5.91 Å². The second-order valence-corrected chi connectivity index (χ2v) is 5.28. The van der Waals surface area contributed by atoms with Crippen LogP contribution in [0, 0.1) is 0 Å². The van der Waals surface area contributed by atoms with Crippen molar-refractivity contribution in [2.75, 3.05) is 18.4 Å². The summed E-state index contributed by atoms with van der Waals surface area (Å²) in [5.41, 5.74) is 0.195. The number of alkyl halides is 1. The summed E-state index contributed by atoms with van der Waals surface area (Å²) in [6.07, 6.45) is -0.0912. The molecule has 0 saturated carbocycles. The van der Waals surface area contributed by atoms with E-state index in [1.807, 2.05) is 6.92 Å². The number of rotatable bonds is 2. The maximum Gasteiger partial charge on any atom is 0.257 e. The molecule has 1 aliphatic rings. The first-order valence-electron chi connectivity index (χ1n) is 6.04. The third-order valence-electron chi connectivity index (χ3n) is 3.00. The number of carbonyl (C=O) groups is 1. The minimum Gasteiger partial charge on any atom is -0.508 e. The minimum atomic E-state index is -0.251. The predicted octanol–water partition coefficient (Wildman–Crippen LogP) is 1.72. The minimum absolute atomic E-state index is 0.0421. The average molecular weight is 330 g/mol. The van der Waals surface area contributed by atoms with Crippen molar-refractivity contribution in [3.8, 4) is 11.5 Å². The molecule has 0 bridgehead atoms. The average Bonchev–Trinajstić information content (AvgIpc) is 2.37. The molecule has 2 rings (SSSR count). The Labute approximate surface area is 119 Å². The number of aromatic hydroxyl groups is 2. The Kier molecular flexibility index (Phi) is 4.31. The van der Waals surface area contributed by atoms with E-state index in [2.05, 4.69) is 15.9 Å². The van der Waals surface area contributed by atoms with Gasteiger partial charge in [-0.3, -0.25) is 4.79 Å². The number of hydrogen-bond donors (Lipinski definition) is 2. The van der Waals surface area contributed by atoms with Gasteiger partial charge in [-0.25, -0.2) is 0 Å². The normalized spacial score (nSPS) is 23.4.